The number of hydrogen-bond donors (Lipinski definition) is 1. The van der Waals surface area contributed by atoms with Crippen LogP contribution < -0.4 is 0 Å². The van der Waals surface area contributed by atoms with Gasteiger partial charge in [-0.25, -0.2) is 0 Å². The van der Waals surface area contributed by atoms with Gasteiger partial charge in [0.05, 0.1) is 12.8 Å². The molecule has 4 rings (SSSR count). The standard InChI is InChI=1S/C18H26N4O/c1-3-15(18-5-8-19-20-18)13-22(9-1)16-6-10-21(11-7-16)14-17-4-2-12-23-17/h2,4-5,8,12,15-16H,1,3,6-7,9-11,13-14H2,(H,19,20). The molecule has 124 valence electrons. The van der Waals surface area contributed by atoms with Gasteiger partial charge in [-0.2, -0.15) is 5.10 Å². The van der Waals surface area contributed by atoms with Crippen LogP contribution in [0.1, 0.15) is 43.1 Å². The summed E-state index contributed by atoms with van der Waals surface area (Å²) < 4.78 is 5.47. The maximum atomic E-state index is 5.47. The highest BCUT2D eigenvalue weighted by molar-refractivity contribution is 5.08. The van der Waals surface area contributed by atoms with E-state index in [9.17, 15) is 0 Å². The van der Waals surface area contributed by atoms with E-state index in [4.69, 9.17) is 4.42 Å². The number of likely N-dealkylation sites (tertiary alicyclic amines) is 2. The zero-order chi connectivity index (χ0) is 15.5. The van der Waals surface area contributed by atoms with E-state index >= 15 is 0 Å². The molecule has 1 atom stereocenters. The molecule has 2 fully saturated rings. The molecule has 2 saturated heterocycles. The van der Waals surface area contributed by atoms with Crippen molar-refractivity contribution in [1.82, 2.24) is 20.0 Å². The second-order valence-corrected chi connectivity index (χ2v) is 6.93. The van der Waals surface area contributed by atoms with Crippen molar-refractivity contribution in [3.05, 3.63) is 42.1 Å². The Labute approximate surface area is 137 Å². The lowest BCUT2D eigenvalue weighted by Crippen LogP contribution is -2.47. The Balaban J connectivity index is 1.29. The van der Waals surface area contributed by atoms with Gasteiger partial charge in [0.1, 0.15) is 5.76 Å². The summed E-state index contributed by atoms with van der Waals surface area (Å²) in [6, 6.07) is 6.94. The predicted octanol–water partition coefficient (Wildman–Crippen LogP) is 2.85. The van der Waals surface area contributed by atoms with Gasteiger partial charge < -0.3 is 4.42 Å². The van der Waals surface area contributed by atoms with Gasteiger partial charge in [-0.1, -0.05) is 0 Å². The molecule has 1 unspecified atom stereocenters. The molecule has 0 radical (unpaired) electrons. The number of nitrogens with zero attached hydrogens (tertiary/aromatic N) is 3. The summed E-state index contributed by atoms with van der Waals surface area (Å²) in [6.07, 6.45) is 8.78. The number of aromatic amines is 1. The van der Waals surface area contributed by atoms with Crippen LogP contribution in [0, 0.1) is 0 Å². The van der Waals surface area contributed by atoms with Gasteiger partial charge in [-0.05, 0) is 50.4 Å². The van der Waals surface area contributed by atoms with Crippen molar-refractivity contribution in [2.24, 2.45) is 0 Å². The number of aromatic nitrogens is 2. The first-order valence-corrected chi connectivity index (χ1v) is 8.86. The number of piperidine rings is 2. The molecule has 4 heterocycles. The summed E-state index contributed by atoms with van der Waals surface area (Å²) in [5.41, 5.74) is 1.31. The lowest BCUT2D eigenvalue weighted by Gasteiger charge is -2.42. The highest BCUT2D eigenvalue weighted by atomic mass is 16.3. The first kappa shape index (κ1) is 15.0. The van der Waals surface area contributed by atoms with E-state index in [-0.39, 0.29) is 0 Å². The summed E-state index contributed by atoms with van der Waals surface area (Å²) in [4.78, 5) is 5.24. The molecule has 0 spiro atoms. The second-order valence-electron chi connectivity index (χ2n) is 6.93. The number of H-pyrrole nitrogens is 1. The zero-order valence-corrected chi connectivity index (χ0v) is 13.7. The highest BCUT2D eigenvalue weighted by Gasteiger charge is 2.29. The summed E-state index contributed by atoms with van der Waals surface area (Å²) in [7, 11) is 0. The second kappa shape index (κ2) is 6.89. The summed E-state index contributed by atoms with van der Waals surface area (Å²) >= 11 is 0. The minimum absolute atomic E-state index is 0.632. The molecule has 1 N–H and O–H groups in total. The SMILES string of the molecule is c1coc(CN2CCC(N3CCCC(c4ccn[nH]4)C3)CC2)c1. The molecular formula is C18H26N4O. The highest BCUT2D eigenvalue weighted by Crippen LogP contribution is 2.29. The molecule has 2 aromatic rings. The summed E-state index contributed by atoms with van der Waals surface area (Å²) in [6.45, 7) is 5.75. The van der Waals surface area contributed by atoms with Crippen LogP contribution in [-0.4, -0.2) is 52.2 Å². The smallest absolute Gasteiger partial charge is 0.117 e. The molecule has 23 heavy (non-hydrogen) atoms. The fourth-order valence-electron chi connectivity index (χ4n) is 4.15. The van der Waals surface area contributed by atoms with E-state index in [1.807, 2.05) is 12.3 Å². The lowest BCUT2D eigenvalue weighted by molar-refractivity contribution is 0.0791. The van der Waals surface area contributed by atoms with Gasteiger partial charge in [0, 0.05) is 43.5 Å². The molecule has 0 bridgehead atoms. The van der Waals surface area contributed by atoms with Gasteiger partial charge in [0.25, 0.3) is 0 Å². The summed E-state index contributed by atoms with van der Waals surface area (Å²) in [5, 5.41) is 7.29. The van der Waals surface area contributed by atoms with Crippen molar-refractivity contribution in [2.45, 2.75) is 44.2 Å². The first-order chi connectivity index (χ1) is 11.4. The molecule has 5 nitrogen and oxygen atoms in total. The number of hydrogen-bond acceptors (Lipinski definition) is 4. The topological polar surface area (TPSA) is 48.3 Å². The Bertz CT molecular complexity index is 572. The van der Waals surface area contributed by atoms with Crippen molar-refractivity contribution >= 4 is 0 Å². The van der Waals surface area contributed by atoms with Crippen molar-refractivity contribution in [3.63, 3.8) is 0 Å². The Hall–Kier alpha value is -1.59. The molecule has 0 aromatic carbocycles. The van der Waals surface area contributed by atoms with Gasteiger partial charge in [0.15, 0.2) is 0 Å². The Morgan fingerprint density at radius 3 is 2.83 bits per heavy atom. The molecule has 2 aliphatic heterocycles. The van der Waals surface area contributed by atoms with Crippen LogP contribution in [0.5, 0.6) is 0 Å². The average molecular weight is 314 g/mol. The molecule has 0 saturated carbocycles. The van der Waals surface area contributed by atoms with Gasteiger partial charge >= 0.3 is 0 Å². The minimum Gasteiger partial charge on any atom is -0.468 e. The van der Waals surface area contributed by atoms with Crippen molar-refractivity contribution < 1.29 is 4.42 Å². The Morgan fingerprint density at radius 1 is 1.17 bits per heavy atom. The first-order valence-electron chi connectivity index (χ1n) is 8.86. The van der Waals surface area contributed by atoms with E-state index in [1.54, 1.807) is 6.26 Å². The maximum absolute atomic E-state index is 5.47. The van der Waals surface area contributed by atoms with E-state index in [2.05, 4.69) is 32.1 Å². The molecular weight excluding hydrogens is 288 g/mol. The third kappa shape index (κ3) is 3.51. The Kier molecular flexibility index (Phi) is 4.48. The van der Waals surface area contributed by atoms with E-state index < -0.39 is 0 Å². The van der Waals surface area contributed by atoms with Crippen LogP contribution in [0.4, 0.5) is 0 Å². The zero-order valence-electron chi connectivity index (χ0n) is 13.7. The predicted molar refractivity (Wildman–Crippen MR) is 89.1 cm³/mol. The van der Waals surface area contributed by atoms with Crippen LogP contribution >= 0.6 is 0 Å². The fourth-order valence-corrected chi connectivity index (χ4v) is 4.15. The maximum Gasteiger partial charge on any atom is 0.117 e. The van der Waals surface area contributed by atoms with Crippen LogP contribution in [0.2, 0.25) is 0 Å². The molecule has 2 aromatic heterocycles. The van der Waals surface area contributed by atoms with Crippen molar-refractivity contribution in [1.29, 1.82) is 0 Å². The van der Waals surface area contributed by atoms with Crippen LogP contribution in [0.15, 0.2) is 35.1 Å². The van der Waals surface area contributed by atoms with E-state index in [1.165, 1.54) is 57.6 Å². The largest absolute Gasteiger partial charge is 0.468 e. The molecule has 0 amide bonds. The lowest BCUT2D eigenvalue weighted by atomic mass is 9.92. The van der Waals surface area contributed by atoms with Crippen molar-refractivity contribution in [3.8, 4) is 0 Å². The fraction of sp³-hybridized carbons (Fsp3) is 0.611. The summed E-state index contributed by atoms with van der Waals surface area (Å²) in [5.74, 6) is 1.72. The number of rotatable bonds is 4. The average Bonchev–Trinajstić information content (AvgIpc) is 3.29. The monoisotopic (exact) mass is 314 g/mol. The molecule has 0 aliphatic carbocycles. The van der Waals surface area contributed by atoms with Gasteiger partial charge in [-0.15, -0.1) is 0 Å². The number of nitrogens with one attached hydrogen (secondary N) is 1. The van der Waals surface area contributed by atoms with Crippen LogP contribution in [0.3, 0.4) is 0 Å². The van der Waals surface area contributed by atoms with Gasteiger partial charge in [-0.3, -0.25) is 14.9 Å². The van der Waals surface area contributed by atoms with Gasteiger partial charge in [0.2, 0.25) is 0 Å². The Morgan fingerprint density at radius 2 is 2.09 bits per heavy atom. The van der Waals surface area contributed by atoms with E-state index in [0.717, 1.165) is 18.3 Å². The molecule has 5 heteroatoms. The normalized spacial score (nSPS) is 25.0. The number of furan rings is 1. The molecule has 2 aliphatic rings. The third-order valence-corrected chi connectivity index (χ3v) is 5.45. The minimum atomic E-state index is 0.632. The van der Waals surface area contributed by atoms with E-state index in [0.29, 0.717) is 5.92 Å². The van der Waals surface area contributed by atoms with Crippen LogP contribution in [-0.2, 0) is 6.54 Å². The van der Waals surface area contributed by atoms with Crippen molar-refractivity contribution in [2.75, 3.05) is 26.2 Å². The third-order valence-electron chi connectivity index (χ3n) is 5.45. The quantitative estimate of drug-likeness (QED) is 0.943. The van der Waals surface area contributed by atoms with Crippen LogP contribution in [0.25, 0.3) is 0 Å².